The van der Waals surface area contributed by atoms with Gasteiger partial charge in [0.2, 0.25) is 5.91 Å². The molecule has 2 saturated heterocycles. The van der Waals surface area contributed by atoms with Crippen molar-refractivity contribution in [1.29, 1.82) is 0 Å². The van der Waals surface area contributed by atoms with Gasteiger partial charge in [-0.25, -0.2) is 14.4 Å². The number of rotatable bonds is 3. The highest BCUT2D eigenvalue weighted by Crippen LogP contribution is 2.50. The zero-order chi connectivity index (χ0) is 22.6. The van der Waals surface area contributed by atoms with Crippen LogP contribution in [0.1, 0.15) is 11.6 Å². The van der Waals surface area contributed by atoms with Crippen molar-refractivity contribution >= 4 is 46.4 Å². The fourth-order valence-electron chi connectivity index (χ4n) is 4.19. The molecule has 2 fully saturated rings. The van der Waals surface area contributed by atoms with Gasteiger partial charge in [-0.1, -0.05) is 41.4 Å². The first kappa shape index (κ1) is 20.8. The van der Waals surface area contributed by atoms with Crippen LogP contribution in [0.4, 0.5) is 15.8 Å². The normalized spacial score (nSPS) is 22.5. The molecular weight excluding hydrogens is 458 g/mol. The molecule has 0 bridgehead atoms. The van der Waals surface area contributed by atoms with Crippen LogP contribution in [0, 0.1) is 11.7 Å². The fraction of sp³-hybridized carbons (Fsp3) is 0.130. The van der Waals surface area contributed by atoms with Crippen molar-refractivity contribution in [2.24, 2.45) is 5.92 Å². The van der Waals surface area contributed by atoms with Gasteiger partial charge in [-0.05, 0) is 48.5 Å². The molecule has 6 nitrogen and oxygen atoms in total. The number of nitrogens with zero attached hydrogens (tertiary/aromatic N) is 2. The highest BCUT2D eigenvalue weighted by molar-refractivity contribution is 6.35. The summed E-state index contributed by atoms with van der Waals surface area (Å²) in [6.07, 6.45) is -1.14. The number of hydrogen-bond donors (Lipinski definition) is 1. The van der Waals surface area contributed by atoms with Gasteiger partial charge in [-0.15, -0.1) is 0 Å². The van der Waals surface area contributed by atoms with Gasteiger partial charge >= 0.3 is 0 Å². The summed E-state index contributed by atoms with van der Waals surface area (Å²) in [5, 5.41) is 12.4. The molecule has 1 N–H and O–H groups in total. The number of carbonyl (C=O) groups excluding carboxylic acids is 2. The monoisotopic (exact) mass is 472 g/mol. The van der Waals surface area contributed by atoms with Crippen LogP contribution in [0.3, 0.4) is 0 Å². The Hall–Kier alpha value is -3.13. The van der Waals surface area contributed by atoms with Crippen LogP contribution in [-0.2, 0) is 14.4 Å². The minimum absolute atomic E-state index is 0.0103. The van der Waals surface area contributed by atoms with Crippen molar-refractivity contribution in [3.05, 3.63) is 88.2 Å². The van der Waals surface area contributed by atoms with Gasteiger partial charge < -0.3 is 5.11 Å². The molecule has 0 saturated carbocycles. The summed E-state index contributed by atoms with van der Waals surface area (Å²) in [5.74, 6) is -2.86. The van der Waals surface area contributed by atoms with Crippen molar-refractivity contribution in [2.45, 2.75) is 12.1 Å². The number of anilines is 2. The Morgan fingerprint density at radius 3 is 2.28 bits per heavy atom. The van der Waals surface area contributed by atoms with Gasteiger partial charge in [0.05, 0.1) is 22.4 Å². The lowest BCUT2D eigenvalue weighted by Gasteiger charge is -2.29. The molecule has 0 aliphatic carbocycles. The Morgan fingerprint density at radius 2 is 1.59 bits per heavy atom. The van der Waals surface area contributed by atoms with E-state index < -0.39 is 35.7 Å². The molecule has 9 heteroatoms. The summed E-state index contributed by atoms with van der Waals surface area (Å²) in [6.45, 7) is 0. The number of benzene rings is 3. The third-order valence-corrected chi connectivity index (χ3v) is 6.09. The van der Waals surface area contributed by atoms with Crippen molar-refractivity contribution in [1.82, 2.24) is 0 Å². The van der Waals surface area contributed by atoms with Gasteiger partial charge in [0.1, 0.15) is 17.5 Å². The van der Waals surface area contributed by atoms with E-state index in [1.807, 2.05) is 6.07 Å². The standard InChI is InChI=1S/C23H15Cl2FN2O4/c24-12-10-16(20(29)17(25)11-12)19-18-21(32-28(19)15-4-2-1-3-5-15)23(31)27(22(18)30)14-8-6-13(26)7-9-14/h1-11,18-19,21,29H/t18-,19+,21+/m0/s1. The zero-order valence-electron chi connectivity index (χ0n) is 16.3. The third kappa shape index (κ3) is 3.21. The van der Waals surface area contributed by atoms with Gasteiger partial charge in [-0.3, -0.25) is 14.4 Å². The summed E-state index contributed by atoms with van der Waals surface area (Å²) in [4.78, 5) is 33.6. The van der Waals surface area contributed by atoms with E-state index in [0.29, 0.717) is 5.69 Å². The number of halogens is 3. The van der Waals surface area contributed by atoms with E-state index in [4.69, 9.17) is 28.0 Å². The summed E-state index contributed by atoms with van der Waals surface area (Å²) in [7, 11) is 0. The Balaban J connectivity index is 1.64. The largest absolute Gasteiger partial charge is 0.506 e. The number of phenolic OH excluding ortho intramolecular Hbond substituents is 1. The topological polar surface area (TPSA) is 70.1 Å². The summed E-state index contributed by atoms with van der Waals surface area (Å²) in [5.41, 5.74) is 1.06. The number of carbonyl (C=O) groups is 2. The molecule has 2 aliphatic heterocycles. The van der Waals surface area contributed by atoms with Gasteiger partial charge in [0.25, 0.3) is 5.91 Å². The van der Waals surface area contributed by atoms with Crippen LogP contribution < -0.4 is 9.96 Å². The number of para-hydroxylation sites is 1. The van der Waals surface area contributed by atoms with E-state index in [2.05, 4.69) is 0 Å². The minimum atomic E-state index is -1.14. The molecule has 3 atom stereocenters. The number of hydrogen-bond acceptors (Lipinski definition) is 5. The van der Waals surface area contributed by atoms with E-state index in [0.717, 1.165) is 4.90 Å². The lowest BCUT2D eigenvalue weighted by Crippen LogP contribution is -2.37. The summed E-state index contributed by atoms with van der Waals surface area (Å²) < 4.78 is 13.4. The van der Waals surface area contributed by atoms with Crippen LogP contribution in [0.25, 0.3) is 0 Å². The van der Waals surface area contributed by atoms with E-state index in [1.165, 1.54) is 41.5 Å². The van der Waals surface area contributed by atoms with Crippen molar-refractivity contribution in [2.75, 3.05) is 9.96 Å². The second-order valence-corrected chi connectivity index (χ2v) is 8.32. The van der Waals surface area contributed by atoms with E-state index in [1.54, 1.807) is 24.3 Å². The maximum absolute atomic E-state index is 13.5. The molecule has 3 aromatic rings. The van der Waals surface area contributed by atoms with Crippen LogP contribution in [0.5, 0.6) is 5.75 Å². The molecule has 5 rings (SSSR count). The number of aromatic hydroxyl groups is 1. The molecule has 0 unspecified atom stereocenters. The smallest absolute Gasteiger partial charge is 0.266 e. The van der Waals surface area contributed by atoms with Crippen LogP contribution >= 0.6 is 23.2 Å². The highest BCUT2D eigenvalue weighted by atomic mass is 35.5. The van der Waals surface area contributed by atoms with Gasteiger partial charge in [-0.2, -0.15) is 0 Å². The summed E-state index contributed by atoms with van der Waals surface area (Å²) >= 11 is 12.3. The lowest BCUT2D eigenvalue weighted by molar-refractivity contribution is -0.126. The minimum Gasteiger partial charge on any atom is -0.506 e. The van der Waals surface area contributed by atoms with Crippen molar-refractivity contribution < 1.29 is 23.9 Å². The molecule has 2 amide bonds. The van der Waals surface area contributed by atoms with Gasteiger partial charge in [0.15, 0.2) is 6.10 Å². The number of fused-ring (bicyclic) bond motifs is 1. The average molecular weight is 473 g/mol. The fourth-order valence-corrected chi connectivity index (χ4v) is 4.69. The lowest BCUT2D eigenvalue weighted by atomic mass is 9.90. The number of phenols is 1. The van der Waals surface area contributed by atoms with Gasteiger partial charge in [0, 0.05) is 10.6 Å². The zero-order valence-corrected chi connectivity index (χ0v) is 17.8. The first-order valence-electron chi connectivity index (χ1n) is 9.69. The predicted octanol–water partition coefficient (Wildman–Crippen LogP) is 4.89. The molecule has 0 spiro atoms. The van der Waals surface area contributed by atoms with Crippen LogP contribution in [-0.4, -0.2) is 23.0 Å². The molecule has 2 heterocycles. The first-order chi connectivity index (χ1) is 15.4. The average Bonchev–Trinajstić information content (AvgIpc) is 3.28. The molecule has 0 radical (unpaired) electrons. The molecule has 32 heavy (non-hydrogen) atoms. The van der Waals surface area contributed by atoms with E-state index in [-0.39, 0.29) is 27.0 Å². The van der Waals surface area contributed by atoms with Crippen LogP contribution in [0.2, 0.25) is 10.0 Å². The van der Waals surface area contributed by atoms with E-state index in [9.17, 15) is 19.1 Å². The maximum atomic E-state index is 13.5. The molecular formula is C23H15Cl2FN2O4. The third-order valence-electron chi connectivity index (χ3n) is 5.59. The quantitative estimate of drug-likeness (QED) is 0.549. The van der Waals surface area contributed by atoms with E-state index >= 15 is 0 Å². The second kappa shape index (κ2) is 7.78. The first-order valence-corrected chi connectivity index (χ1v) is 10.4. The summed E-state index contributed by atoms with van der Waals surface area (Å²) in [6, 6.07) is 15.9. The Bertz CT molecular complexity index is 1220. The molecule has 162 valence electrons. The Kier molecular flexibility index (Phi) is 5.04. The number of imide groups is 1. The highest BCUT2D eigenvalue weighted by Gasteiger charge is 2.60. The maximum Gasteiger partial charge on any atom is 0.266 e. The number of hydroxylamine groups is 1. The van der Waals surface area contributed by atoms with Crippen molar-refractivity contribution in [3.8, 4) is 5.75 Å². The second-order valence-electron chi connectivity index (χ2n) is 7.47. The Labute approximate surface area is 192 Å². The molecule has 3 aromatic carbocycles. The van der Waals surface area contributed by atoms with Crippen molar-refractivity contribution in [3.63, 3.8) is 0 Å². The molecule has 0 aromatic heterocycles. The number of amides is 2. The van der Waals surface area contributed by atoms with Crippen LogP contribution in [0.15, 0.2) is 66.7 Å². The molecule has 2 aliphatic rings. The SMILES string of the molecule is O=C1[C@H]2[C@@H](c3cc(Cl)cc(Cl)c3O)N(c3ccccc3)O[C@H]2C(=O)N1c1ccc(F)cc1. The Morgan fingerprint density at radius 1 is 0.906 bits per heavy atom. The predicted molar refractivity (Wildman–Crippen MR) is 117 cm³/mol.